The summed E-state index contributed by atoms with van der Waals surface area (Å²) < 4.78 is 0. The zero-order chi connectivity index (χ0) is 18.9. The Morgan fingerprint density at radius 1 is 1.07 bits per heavy atom. The van der Waals surface area contributed by atoms with Crippen LogP contribution in [0, 0.1) is 5.41 Å². The van der Waals surface area contributed by atoms with Gasteiger partial charge in [-0.3, -0.25) is 14.5 Å². The van der Waals surface area contributed by atoms with Gasteiger partial charge in [0.05, 0.1) is 0 Å². The normalized spacial score (nSPS) is 25.5. The van der Waals surface area contributed by atoms with Gasteiger partial charge < -0.3 is 10.6 Å². The average Bonchev–Trinajstić information content (AvgIpc) is 3.52. The van der Waals surface area contributed by atoms with Crippen molar-refractivity contribution in [3.05, 3.63) is 35.9 Å². The summed E-state index contributed by atoms with van der Waals surface area (Å²) in [5.74, 6) is 0.283. The number of rotatable bonds is 5. The van der Waals surface area contributed by atoms with Gasteiger partial charge in [0, 0.05) is 45.1 Å². The number of benzene rings is 1. The maximum absolute atomic E-state index is 12.3. The molecule has 2 aliphatic heterocycles. The van der Waals surface area contributed by atoms with Crippen LogP contribution in [0.25, 0.3) is 0 Å². The quantitative estimate of drug-likeness (QED) is 0.867. The molecule has 1 atom stereocenters. The maximum atomic E-state index is 12.3. The van der Waals surface area contributed by atoms with E-state index in [1.807, 2.05) is 4.90 Å². The van der Waals surface area contributed by atoms with Gasteiger partial charge in [-0.2, -0.15) is 0 Å². The predicted octanol–water partition coefficient (Wildman–Crippen LogP) is 2.51. The fourth-order valence-electron chi connectivity index (χ4n) is 5.08. The van der Waals surface area contributed by atoms with Crippen molar-refractivity contribution < 1.29 is 9.59 Å². The van der Waals surface area contributed by atoms with Crippen LogP contribution in [0.2, 0.25) is 0 Å². The van der Waals surface area contributed by atoms with Crippen molar-refractivity contribution in [3.8, 4) is 0 Å². The van der Waals surface area contributed by atoms with Crippen LogP contribution in [-0.4, -0.2) is 53.8 Å². The molecule has 2 N–H and O–H groups in total. The molecule has 1 aromatic rings. The number of hydrogen-bond donors (Lipinski definition) is 1. The lowest BCUT2D eigenvalue weighted by Gasteiger charge is -2.50. The van der Waals surface area contributed by atoms with Crippen molar-refractivity contribution >= 4 is 11.8 Å². The van der Waals surface area contributed by atoms with Gasteiger partial charge in [0.25, 0.3) is 0 Å². The fourth-order valence-corrected chi connectivity index (χ4v) is 5.08. The molecular formula is C22H31N3O2. The van der Waals surface area contributed by atoms with Crippen molar-refractivity contribution in [2.75, 3.05) is 26.2 Å². The molecular weight excluding hydrogens is 338 g/mol. The summed E-state index contributed by atoms with van der Waals surface area (Å²) in [6.45, 7) is 4.00. The summed E-state index contributed by atoms with van der Waals surface area (Å²) in [5, 5.41) is 0. The minimum Gasteiger partial charge on any atom is -0.370 e. The van der Waals surface area contributed by atoms with Crippen molar-refractivity contribution in [3.63, 3.8) is 0 Å². The second-order valence-corrected chi connectivity index (χ2v) is 8.82. The Hall–Kier alpha value is -1.88. The highest BCUT2D eigenvalue weighted by molar-refractivity contribution is 5.82. The molecule has 0 bridgehead atoms. The Morgan fingerprint density at radius 3 is 2.41 bits per heavy atom. The zero-order valence-corrected chi connectivity index (χ0v) is 16.1. The van der Waals surface area contributed by atoms with Crippen molar-refractivity contribution in [2.45, 2.75) is 56.9 Å². The van der Waals surface area contributed by atoms with E-state index in [0.717, 1.165) is 32.0 Å². The second kappa shape index (κ2) is 7.63. The molecule has 0 aromatic heterocycles. The van der Waals surface area contributed by atoms with Gasteiger partial charge in [0.2, 0.25) is 11.8 Å². The fraction of sp³-hybridized carbons (Fsp3) is 0.636. The van der Waals surface area contributed by atoms with Crippen molar-refractivity contribution in [2.24, 2.45) is 11.1 Å². The lowest BCUT2D eigenvalue weighted by atomic mass is 9.68. The van der Waals surface area contributed by atoms with E-state index in [1.165, 1.54) is 37.9 Å². The molecule has 5 heteroatoms. The van der Waals surface area contributed by atoms with E-state index in [9.17, 15) is 9.59 Å². The van der Waals surface area contributed by atoms with E-state index in [4.69, 9.17) is 5.73 Å². The minimum atomic E-state index is -0.394. The molecule has 0 unspecified atom stereocenters. The molecule has 2 heterocycles. The number of piperidine rings is 2. The van der Waals surface area contributed by atoms with E-state index >= 15 is 0 Å². The Morgan fingerprint density at radius 2 is 1.78 bits per heavy atom. The van der Waals surface area contributed by atoms with Crippen LogP contribution in [0.15, 0.2) is 30.3 Å². The molecule has 4 rings (SSSR count). The molecule has 1 saturated carbocycles. The highest BCUT2D eigenvalue weighted by Crippen LogP contribution is 2.47. The summed E-state index contributed by atoms with van der Waals surface area (Å²) >= 11 is 0. The third-order valence-electron chi connectivity index (χ3n) is 6.77. The molecule has 2 saturated heterocycles. The number of carbonyl (C=O) groups excluding carboxylic acids is 2. The Balaban J connectivity index is 1.42. The Kier molecular flexibility index (Phi) is 5.22. The molecule has 27 heavy (non-hydrogen) atoms. The number of primary amides is 1. The molecule has 3 fully saturated rings. The minimum absolute atomic E-state index is 0.0816. The van der Waals surface area contributed by atoms with Gasteiger partial charge >= 0.3 is 0 Å². The Bertz CT molecular complexity index is 678. The third-order valence-corrected chi connectivity index (χ3v) is 6.77. The first-order valence-corrected chi connectivity index (χ1v) is 10.4. The SMILES string of the molecule is NC(=O)CCC(=O)N1CCC2(CC1)C[C@H](c1ccccc1)CN(C1CC1)C2. The highest BCUT2D eigenvalue weighted by atomic mass is 16.2. The van der Waals surface area contributed by atoms with Crippen LogP contribution in [0.1, 0.15) is 56.4 Å². The molecule has 146 valence electrons. The number of nitrogens with two attached hydrogens (primary N) is 1. The van der Waals surface area contributed by atoms with Crippen molar-refractivity contribution in [1.29, 1.82) is 0 Å². The smallest absolute Gasteiger partial charge is 0.223 e. The van der Waals surface area contributed by atoms with E-state index in [1.54, 1.807) is 0 Å². The van der Waals surface area contributed by atoms with E-state index in [-0.39, 0.29) is 18.7 Å². The number of nitrogens with zero attached hydrogens (tertiary/aromatic N) is 2. The average molecular weight is 370 g/mol. The predicted molar refractivity (Wildman–Crippen MR) is 105 cm³/mol. The van der Waals surface area contributed by atoms with E-state index < -0.39 is 5.91 Å². The Labute approximate surface area is 161 Å². The molecule has 5 nitrogen and oxygen atoms in total. The lowest BCUT2D eigenvalue weighted by molar-refractivity contribution is -0.136. The molecule has 1 aliphatic carbocycles. The summed E-state index contributed by atoms with van der Waals surface area (Å²) in [6.07, 6.45) is 6.47. The van der Waals surface area contributed by atoms with Gasteiger partial charge in [-0.15, -0.1) is 0 Å². The first-order chi connectivity index (χ1) is 13.0. The molecule has 0 radical (unpaired) electrons. The zero-order valence-electron chi connectivity index (χ0n) is 16.1. The van der Waals surface area contributed by atoms with Crippen LogP contribution in [0.5, 0.6) is 0 Å². The summed E-state index contributed by atoms with van der Waals surface area (Å²) in [7, 11) is 0. The van der Waals surface area contributed by atoms with E-state index in [2.05, 4.69) is 35.2 Å². The monoisotopic (exact) mass is 369 g/mol. The van der Waals surface area contributed by atoms with Crippen LogP contribution in [0.4, 0.5) is 0 Å². The lowest BCUT2D eigenvalue weighted by Crippen LogP contribution is -2.53. The largest absolute Gasteiger partial charge is 0.370 e. The van der Waals surface area contributed by atoms with Crippen LogP contribution in [-0.2, 0) is 9.59 Å². The van der Waals surface area contributed by atoms with Crippen LogP contribution in [0.3, 0.4) is 0 Å². The summed E-state index contributed by atoms with van der Waals surface area (Å²) in [4.78, 5) is 28.0. The highest BCUT2D eigenvalue weighted by Gasteiger charge is 2.45. The molecule has 3 aliphatic rings. The topological polar surface area (TPSA) is 66.6 Å². The molecule has 1 aromatic carbocycles. The molecule has 2 amide bonds. The van der Waals surface area contributed by atoms with Gasteiger partial charge in [0.15, 0.2) is 0 Å². The molecule has 1 spiro atoms. The maximum Gasteiger partial charge on any atom is 0.223 e. The number of carbonyl (C=O) groups is 2. The first kappa shape index (κ1) is 18.5. The van der Waals surface area contributed by atoms with Gasteiger partial charge in [-0.05, 0) is 49.0 Å². The first-order valence-electron chi connectivity index (χ1n) is 10.4. The summed E-state index contributed by atoms with van der Waals surface area (Å²) in [5.41, 5.74) is 6.97. The number of hydrogen-bond acceptors (Lipinski definition) is 3. The third kappa shape index (κ3) is 4.34. The van der Waals surface area contributed by atoms with Crippen LogP contribution < -0.4 is 5.73 Å². The standard InChI is InChI=1S/C22H31N3O2/c23-20(26)8-9-21(27)24-12-10-22(11-13-24)14-18(17-4-2-1-3-5-17)15-25(16-22)19-6-7-19/h1-5,18-19H,6-16H2,(H2,23,26)/t18-/m0/s1. The number of likely N-dealkylation sites (tertiary alicyclic amines) is 2. The van der Waals surface area contributed by atoms with Gasteiger partial charge in [0.1, 0.15) is 0 Å². The van der Waals surface area contributed by atoms with E-state index in [0.29, 0.717) is 11.3 Å². The number of amides is 2. The van der Waals surface area contributed by atoms with Gasteiger partial charge in [-0.25, -0.2) is 0 Å². The van der Waals surface area contributed by atoms with Crippen LogP contribution >= 0.6 is 0 Å². The van der Waals surface area contributed by atoms with Crippen molar-refractivity contribution in [1.82, 2.24) is 9.80 Å². The second-order valence-electron chi connectivity index (χ2n) is 8.82. The van der Waals surface area contributed by atoms with Gasteiger partial charge in [-0.1, -0.05) is 30.3 Å². The summed E-state index contributed by atoms with van der Waals surface area (Å²) in [6, 6.07) is 11.7.